The number of allylic oxidation sites excluding steroid dienone is 1. The minimum absolute atomic E-state index is 0.363. The Bertz CT molecular complexity index is 562. The molecule has 0 heteroatoms. The van der Waals surface area contributed by atoms with Gasteiger partial charge in [0.15, 0.2) is 0 Å². The lowest BCUT2D eigenvalue weighted by molar-refractivity contribution is -0.0287. The van der Waals surface area contributed by atoms with Crippen molar-refractivity contribution in [3.63, 3.8) is 0 Å². The molecule has 3 unspecified atom stereocenters. The second-order valence-electron chi connectivity index (χ2n) is 9.24. The van der Waals surface area contributed by atoms with Crippen LogP contribution in [0.25, 0.3) is 5.57 Å². The van der Waals surface area contributed by atoms with E-state index in [-0.39, 0.29) is 0 Å². The van der Waals surface area contributed by atoms with Gasteiger partial charge >= 0.3 is 0 Å². The van der Waals surface area contributed by atoms with E-state index >= 15 is 0 Å². The molecule has 140 valence electrons. The van der Waals surface area contributed by atoms with Crippen LogP contribution in [-0.2, 0) is 0 Å². The molecule has 0 bridgehead atoms. The molecule has 1 saturated carbocycles. The summed E-state index contributed by atoms with van der Waals surface area (Å²) in [5.41, 5.74) is 4.97. The standard InChI is InChI=1S/C25H40/c1-8-11-23-24(5,6)22(16-18-25(23,7)17-9-2)21-14-12-20(13-15-21)19(4)10-3/h12-15,22-23H,4,8-11,16-18H2,1-3,5-7H3. The smallest absolute Gasteiger partial charge is 0.0108 e. The van der Waals surface area contributed by atoms with E-state index in [4.69, 9.17) is 0 Å². The second-order valence-corrected chi connectivity index (χ2v) is 9.24. The third kappa shape index (κ3) is 4.04. The molecule has 0 amide bonds. The van der Waals surface area contributed by atoms with Crippen LogP contribution in [0.1, 0.15) is 104 Å². The number of benzene rings is 1. The van der Waals surface area contributed by atoms with Gasteiger partial charge in [-0.05, 0) is 71.5 Å². The molecule has 1 aromatic rings. The predicted molar refractivity (Wildman–Crippen MR) is 113 cm³/mol. The van der Waals surface area contributed by atoms with Gasteiger partial charge in [0.05, 0.1) is 0 Å². The summed E-state index contributed by atoms with van der Waals surface area (Å²) < 4.78 is 0. The van der Waals surface area contributed by atoms with Gasteiger partial charge in [0, 0.05) is 0 Å². The molecule has 0 nitrogen and oxygen atoms in total. The van der Waals surface area contributed by atoms with E-state index in [9.17, 15) is 0 Å². The molecule has 0 aliphatic heterocycles. The van der Waals surface area contributed by atoms with Crippen LogP contribution in [0.3, 0.4) is 0 Å². The molecule has 0 N–H and O–H groups in total. The van der Waals surface area contributed by atoms with Crippen molar-refractivity contribution in [2.75, 3.05) is 0 Å². The molecular weight excluding hydrogens is 300 g/mol. The summed E-state index contributed by atoms with van der Waals surface area (Å²) in [5, 5.41) is 0. The Morgan fingerprint density at radius 1 is 1.04 bits per heavy atom. The normalized spacial score (nSPS) is 28.7. The summed E-state index contributed by atoms with van der Waals surface area (Å²) >= 11 is 0. The lowest BCUT2D eigenvalue weighted by atomic mass is 9.49. The zero-order chi connectivity index (χ0) is 18.7. The van der Waals surface area contributed by atoms with Gasteiger partial charge in [-0.3, -0.25) is 0 Å². The van der Waals surface area contributed by atoms with Crippen molar-refractivity contribution in [3.05, 3.63) is 42.0 Å². The van der Waals surface area contributed by atoms with Crippen LogP contribution < -0.4 is 0 Å². The first kappa shape index (κ1) is 20.3. The van der Waals surface area contributed by atoms with E-state index in [2.05, 4.69) is 72.4 Å². The van der Waals surface area contributed by atoms with E-state index in [1.807, 2.05) is 0 Å². The first-order valence-electron chi connectivity index (χ1n) is 10.6. The Labute approximate surface area is 157 Å². The molecule has 3 atom stereocenters. The molecule has 0 heterocycles. The van der Waals surface area contributed by atoms with Crippen LogP contribution in [0.15, 0.2) is 30.8 Å². The zero-order valence-electron chi connectivity index (χ0n) is 17.6. The highest BCUT2D eigenvalue weighted by Gasteiger charge is 2.50. The van der Waals surface area contributed by atoms with Crippen LogP contribution in [0.2, 0.25) is 0 Å². The molecular formula is C25H40. The van der Waals surface area contributed by atoms with Crippen LogP contribution >= 0.6 is 0 Å². The van der Waals surface area contributed by atoms with Gasteiger partial charge in [0.2, 0.25) is 0 Å². The molecule has 1 aromatic carbocycles. The van der Waals surface area contributed by atoms with Gasteiger partial charge in [-0.25, -0.2) is 0 Å². The predicted octanol–water partition coefficient (Wildman–Crippen LogP) is 8.24. The zero-order valence-corrected chi connectivity index (χ0v) is 17.6. The fraction of sp³-hybridized carbons (Fsp3) is 0.680. The quantitative estimate of drug-likeness (QED) is 0.469. The van der Waals surface area contributed by atoms with Gasteiger partial charge in [-0.1, -0.05) is 85.2 Å². The topological polar surface area (TPSA) is 0 Å². The molecule has 25 heavy (non-hydrogen) atoms. The summed E-state index contributed by atoms with van der Waals surface area (Å²) in [7, 11) is 0. The summed E-state index contributed by atoms with van der Waals surface area (Å²) in [4.78, 5) is 0. The maximum atomic E-state index is 4.19. The van der Waals surface area contributed by atoms with Gasteiger partial charge < -0.3 is 0 Å². The minimum atomic E-state index is 0.363. The monoisotopic (exact) mass is 340 g/mol. The van der Waals surface area contributed by atoms with Gasteiger partial charge in [0.25, 0.3) is 0 Å². The Morgan fingerprint density at radius 2 is 1.68 bits per heavy atom. The van der Waals surface area contributed by atoms with E-state index in [1.54, 1.807) is 0 Å². The van der Waals surface area contributed by atoms with E-state index in [0.717, 1.165) is 12.3 Å². The fourth-order valence-electron chi connectivity index (χ4n) is 5.79. The van der Waals surface area contributed by atoms with E-state index in [0.29, 0.717) is 16.7 Å². The molecule has 1 fully saturated rings. The maximum Gasteiger partial charge on any atom is -0.0108 e. The maximum absolute atomic E-state index is 4.19. The second kappa shape index (κ2) is 8.11. The molecule has 0 saturated heterocycles. The van der Waals surface area contributed by atoms with E-state index < -0.39 is 0 Å². The average Bonchev–Trinajstić information content (AvgIpc) is 2.58. The average molecular weight is 341 g/mol. The molecule has 0 aromatic heterocycles. The Balaban J connectivity index is 2.32. The largest absolute Gasteiger partial charge is 0.0952 e. The molecule has 0 radical (unpaired) electrons. The number of hydrogen-bond acceptors (Lipinski definition) is 0. The first-order valence-corrected chi connectivity index (χ1v) is 10.6. The van der Waals surface area contributed by atoms with Crippen molar-refractivity contribution in [1.29, 1.82) is 0 Å². The first-order chi connectivity index (χ1) is 11.8. The highest BCUT2D eigenvalue weighted by molar-refractivity contribution is 5.63. The highest BCUT2D eigenvalue weighted by atomic mass is 14.5. The highest BCUT2D eigenvalue weighted by Crippen LogP contribution is 2.60. The summed E-state index contributed by atoms with van der Waals surface area (Å²) in [6, 6.07) is 9.36. The lowest BCUT2D eigenvalue weighted by Gasteiger charge is -2.55. The van der Waals surface area contributed by atoms with E-state index in [1.165, 1.54) is 55.2 Å². The fourth-order valence-corrected chi connectivity index (χ4v) is 5.79. The molecule has 2 rings (SSSR count). The lowest BCUT2D eigenvalue weighted by Crippen LogP contribution is -2.46. The molecule has 1 aliphatic rings. The minimum Gasteiger partial charge on any atom is -0.0952 e. The van der Waals surface area contributed by atoms with Crippen LogP contribution in [0, 0.1) is 16.7 Å². The van der Waals surface area contributed by atoms with Crippen LogP contribution in [-0.4, -0.2) is 0 Å². The third-order valence-corrected chi connectivity index (χ3v) is 7.19. The Hall–Kier alpha value is -1.04. The Morgan fingerprint density at radius 3 is 2.20 bits per heavy atom. The van der Waals surface area contributed by atoms with Crippen molar-refractivity contribution < 1.29 is 0 Å². The van der Waals surface area contributed by atoms with Gasteiger partial charge in [-0.15, -0.1) is 0 Å². The number of hydrogen-bond donors (Lipinski definition) is 0. The summed E-state index contributed by atoms with van der Waals surface area (Å²) in [5.74, 6) is 1.49. The van der Waals surface area contributed by atoms with Crippen molar-refractivity contribution in [2.24, 2.45) is 16.7 Å². The van der Waals surface area contributed by atoms with Crippen LogP contribution in [0.4, 0.5) is 0 Å². The molecule has 1 aliphatic carbocycles. The van der Waals surface area contributed by atoms with Crippen molar-refractivity contribution in [2.45, 2.75) is 92.4 Å². The molecule has 0 spiro atoms. The number of rotatable bonds is 7. The van der Waals surface area contributed by atoms with Crippen LogP contribution in [0.5, 0.6) is 0 Å². The SMILES string of the molecule is C=C(CC)c1ccc(C2CCC(C)(CCC)C(CCC)C2(C)C)cc1. The summed E-state index contributed by atoms with van der Waals surface area (Å²) in [6.45, 7) is 18.8. The summed E-state index contributed by atoms with van der Waals surface area (Å²) in [6.07, 6.45) is 9.09. The van der Waals surface area contributed by atoms with Crippen molar-refractivity contribution >= 4 is 5.57 Å². The van der Waals surface area contributed by atoms with Gasteiger partial charge in [-0.2, -0.15) is 0 Å². The van der Waals surface area contributed by atoms with Gasteiger partial charge in [0.1, 0.15) is 0 Å². The van der Waals surface area contributed by atoms with Crippen molar-refractivity contribution in [1.82, 2.24) is 0 Å². The Kier molecular flexibility index (Phi) is 6.57. The third-order valence-electron chi connectivity index (χ3n) is 7.19. The van der Waals surface area contributed by atoms with Crippen molar-refractivity contribution in [3.8, 4) is 0 Å².